The van der Waals surface area contributed by atoms with Crippen molar-refractivity contribution in [1.82, 2.24) is 19.8 Å². The van der Waals surface area contributed by atoms with E-state index in [4.69, 9.17) is 0 Å². The third-order valence-corrected chi connectivity index (χ3v) is 5.69. The fraction of sp³-hybridized carbons (Fsp3) is 0.824. The van der Waals surface area contributed by atoms with Crippen molar-refractivity contribution in [2.45, 2.75) is 64.1 Å². The molecule has 3 rings (SSSR count). The van der Waals surface area contributed by atoms with E-state index in [0.29, 0.717) is 5.54 Å². The lowest BCUT2D eigenvalue weighted by Gasteiger charge is -2.50. The number of aryl methyl sites for hydroxylation is 1. The highest BCUT2D eigenvalue weighted by atomic mass is 15.3. The summed E-state index contributed by atoms with van der Waals surface area (Å²) in [6, 6.07) is 0.740. The van der Waals surface area contributed by atoms with E-state index >= 15 is 0 Å². The molecule has 0 spiro atoms. The summed E-state index contributed by atoms with van der Waals surface area (Å²) in [5, 5.41) is 3.85. The van der Waals surface area contributed by atoms with Crippen LogP contribution in [-0.4, -0.2) is 45.7 Å². The molecule has 4 nitrogen and oxygen atoms in total. The summed E-state index contributed by atoms with van der Waals surface area (Å²) in [5.74, 6) is 0.952. The number of rotatable bonds is 7. The molecule has 1 saturated heterocycles. The van der Waals surface area contributed by atoms with Crippen LogP contribution in [0.2, 0.25) is 0 Å². The van der Waals surface area contributed by atoms with Gasteiger partial charge < -0.3 is 9.88 Å². The second-order valence-electron chi connectivity index (χ2n) is 6.86. The molecule has 0 amide bonds. The summed E-state index contributed by atoms with van der Waals surface area (Å²) < 4.78 is 2.19. The fourth-order valence-corrected chi connectivity index (χ4v) is 3.88. The van der Waals surface area contributed by atoms with Crippen molar-refractivity contribution in [3.05, 3.63) is 18.7 Å². The van der Waals surface area contributed by atoms with Crippen molar-refractivity contribution in [2.75, 3.05) is 19.6 Å². The number of imidazole rings is 1. The highest BCUT2D eigenvalue weighted by Crippen LogP contribution is 2.37. The third kappa shape index (κ3) is 3.32. The first-order valence-corrected chi connectivity index (χ1v) is 8.71. The van der Waals surface area contributed by atoms with E-state index in [1.165, 1.54) is 51.7 Å². The van der Waals surface area contributed by atoms with Gasteiger partial charge in [-0.1, -0.05) is 13.8 Å². The predicted molar refractivity (Wildman–Crippen MR) is 86.2 cm³/mol. The largest absolute Gasteiger partial charge is 0.337 e. The van der Waals surface area contributed by atoms with E-state index in [-0.39, 0.29) is 0 Å². The van der Waals surface area contributed by atoms with E-state index in [0.717, 1.165) is 18.5 Å². The van der Waals surface area contributed by atoms with Crippen LogP contribution in [0, 0.1) is 5.92 Å². The molecule has 2 fully saturated rings. The Balaban J connectivity index is 1.58. The van der Waals surface area contributed by atoms with Crippen LogP contribution in [-0.2, 0) is 6.54 Å². The molecule has 4 heteroatoms. The summed E-state index contributed by atoms with van der Waals surface area (Å²) in [7, 11) is 0. The summed E-state index contributed by atoms with van der Waals surface area (Å²) in [6.45, 7) is 9.42. The Hall–Kier alpha value is -0.870. The number of aromatic nitrogens is 2. The Kier molecular flexibility index (Phi) is 4.65. The van der Waals surface area contributed by atoms with Gasteiger partial charge in [0.2, 0.25) is 0 Å². The molecular formula is C17H30N4. The number of nitrogens with one attached hydrogen (secondary N) is 1. The van der Waals surface area contributed by atoms with Gasteiger partial charge >= 0.3 is 0 Å². The lowest BCUT2D eigenvalue weighted by Crippen LogP contribution is -2.64. The summed E-state index contributed by atoms with van der Waals surface area (Å²) >= 11 is 0. The minimum Gasteiger partial charge on any atom is -0.337 e. The van der Waals surface area contributed by atoms with E-state index in [9.17, 15) is 0 Å². The van der Waals surface area contributed by atoms with Crippen molar-refractivity contribution < 1.29 is 0 Å². The maximum Gasteiger partial charge on any atom is 0.0945 e. The normalized spacial score (nSPS) is 26.1. The molecule has 21 heavy (non-hydrogen) atoms. The molecule has 0 aromatic carbocycles. The van der Waals surface area contributed by atoms with Crippen molar-refractivity contribution in [1.29, 1.82) is 0 Å². The molecule has 1 aliphatic heterocycles. The van der Waals surface area contributed by atoms with Gasteiger partial charge in [-0.2, -0.15) is 0 Å². The van der Waals surface area contributed by atoms with Gasteiger partial charge in [0.25, 0.3) is 0 Å². The van der Waals surface area contributed by atoms with Gasteiger partial charge in [0.15, 0.2) is 0 Å². The maximum absolute atomic E-state index is 4.13. The molecule has 118 valence electrons. The average Bonchev–Trinajstić information content (AvgIpc) is 3.24. The molecule has 1 aromatic rings. The van der Waals surface area contributed by atoms with Crippen molar-refractivity contribution >= 4 is 0 Å². The van der Waals surface area contributed by atoms with Crippen molar-refractivity contribution in [3.63, 3.8) is 0 Å². The Bertz CT molecular complexity index is 420. The first-order chi connectivity index (χ1) is 10.3. The maximum atomic E-state index is 4.13. The summed E-state index contributed by atoms with van der Waals surface area (Å²) in [4.78, 5) is 6.93. The molecule has 1 N–H and O–H groups in total. The Morgan fingerprint density at radius 1 is 1.24 bits per heavy atom. The minimum atomic E-state index is 0.375. The van der Waals surface area contributed by atoms with Crippen molar-refractivity contribution in [2.24, 2.45) is 5.92 Å². The average molecular weight is 290 g/mol. The Morgan fingerprint density at radius 3 is 2.67 bits per heavy atom. The monoisotopic (exact) mass is 290 g/mol. The summed E-state index contributed by atoms with van der Waals surface area (Å²) in [5.41, 5.74) is 0.375. The molecule has 1 unspecified atom stereocenters. The van der Waals surface area contributed by atoms with Gasteiger partial charge in [0.05, 0.1) is 6.33 Å². The molecule has 2 heterocycles. The minimum absolute atomic E-state index is 0.375. The number of nitrogens with zero attached hydrogens (tertiary/aromatic N) is 3. The second kappa shape index (κ2) is 6.49. The van der Waals surface area contributed by atoms with Crippen LogP contribution in [0.25, 0.3) is 0 Å². The smallest absolute Gasteiger partial charge is 0.0945 e. The van der Waals surface area contributed by atoms with Crippen LogP contribution in [0.15, 0.2) is 18.7 Å². The van der Waals surface area contributed by atoms with E-state index in [2.05, 4.69) is 39.8 Å². The van der Waals surface area contributed by atoms with E-state index in [1.54, 1.807) is 0 Å². The fourth-order valence-electron chi connectivity index (χ4n) is 3.88. The highest BCUT2D eigenvalue weighted by molar-refractivity contribution is 5.01. The Morgan fingerprint density at radius 2 is 2.05 bits per heavy atom. The number of hydrogen-bond acceptors (Lipinski definition) is 3. The number of hydrogen-bond donors (Lipinski definition) is 1. The molecule has 1 saturated carbocycles. The van der Waals surface area contributed by atoms with Gasteiger partial charge in [0.1, 0.15) is 0 Å². The third-order valence-electron chi connectivity index (χ3n) is 5.69. The van der Waals surface area contributed by atoms with Gasteiger partial charge in [-0.25, -0.2) is 4.98 Å². The van der Waals surface area contributed by atoms with Crippen LogP contribution >= 0.6 is 0 Å². The first-order valence-electron chi connectivity index (χ1n) is 8.71. The first kappa shape index (κ1) is 15.0. The van der Waals surface area contributed by atoms with Gasteiger partial charge in [-0.05, 0) is 38.0 Å². The van der Waals surface area contributed by atoms with Crippen LogP contribution in [0.3, 0.4) is 0 Å². The lowest BCUT2D eigenvalue weighted by atomic mass is 9.86. The highest BCUT2D eigenvalue weighted by Gasteiger charge is 2.42. The van der Waals surface area contributed by atoms with Crippen LogP contribution in [0.5, 0.6) is 0 Å². The SMILES string of the molecule is CCC1(CC)CNC(C2CC2)CN1CCCn1ccnc1. The van der Waals surface area contributed by atoms with E-state index < -0.39 is 0 Å². The molecule has 1 aliphatic carbocycles. The molecule has 1 atom stereocenters. The Labute approximate surface area is 128 Å². The topological polar surface area (TPSA) is 33.1 Å². The molecule has 2 aliphatic rings. The van der Waals surface area contributed by atoms with E-state index in [1.807, 2.05) is 12.5 Å². The van der Waals surface area contributed by atoms with Gasteiger partial charge in [-0.3, -0.25) is 4.90 Å². The van der Waals surface area contributed by atoms with Crippen LogP contribution < -0.4 is 5.32 Å². The van der Waals surface area contributed by atoms with Crippen LogP contribution in [0.1, 0.15) is 46.0 Å². The van der Waals surface area contributed by atoms with Gasteiger partial charge in [0, 0.05) is 50.2 Å². The standard InChI is InChI=1S/C17H30N4/c1-3-17(4-2)13-19-16(15-6-7-15)12-21(17)10-5-9-20-11-8-18-14-20/h8,11,14-16,19H,3-7,9-10,12-13H2,1-2H3. The lowest BCUT2D eigenvalue weighted by molar-refractivity contribution is 0.0255. The molecule has 0 radical (unpaired) electrons. The van der Waals surface area contributed by atoms with Crippen LogP contribution in [0.4, 0.5) is 0 Å². The number of piperazine rings is 1. The summed E-state index contributed by atoms with van der Waals surface area (Å²) in [6.07, 6.45) is 12.5. The zero-order valence-corrected chi connectivity index (χ0v) is 13.6. The molecular weight excluding hydrogens is 260 g/mol. The zero-order valence-electron chi connectivity index (χ0n) is 13.6. The zero-order chi connectivity index (χ0) is 14.7. The molecule has 1 aromatic heterocycles. The molecule has 0 bridgehead atoms. The second-order valence-corrected chi connectivity index (χ2v) is 6.86. The quantitative estimate of drug-likeness (QED) is 0.837. The van der Waals surface area contributed by atoms with Crippen molar-refractivity contribution in [3.8, 4) is 0 Å². The van der Waals surface area contributed by atoms with Gasteiger partial charge in [-0.15, -0.1) is 0 Å². The predicted octanol–water partition coefficient (Wildman–Crippen LogP) is 2.52.